The number of hydrazone groups is 1. The average molecular weight is 367 g/mol. The highest BCUT2D eigenvalue weighted by atomic mass is 35.5. The zero-order valence-corrected chi connectivity index (χ0v) is 14.9. The minimum absolute atomic E-state index is 0.310. The second-order valence-electron chi connectivity index (χ2n) is 4.84. The van der Waals surface area contributed by atoms with Crippen molar-refractivity contribution in [1.29, 1.82) is 0 Å². The number of benzene rings is 2. The van der Waals surface area contributed by atoms with E-state index in [1.807, 2.05) is 6.07 Å². The Morgan fingerprint density at radius 2 is 1.62 bits per heavy atom. The minimum atomic E-state index is -0.381. The second-order valence-corrected chi connectivity index (χ2v) is 5.65. The Morgan fingerprint density at radius 3 is 2.25 bits per heavy atom. The Labute approximate surface area is 150 Å². The summed E-state index contributed by atoms with van der Waals surface area (Å²) in [6, 6.07) is 10.00. The van der Waals surface area contributed by atoms with Crippen LogP contribution in [0.3, 0.4) is 0 Å². The molecule has 0 spiro atoms. The molecule has 5 nitrogen and oxygen atoms in total. The molecule has 0 heterocycles. The number of methoxy groups -OCH3 is 2. The van der Waals surface area contributed by atoms with Crippen molar-refractivity contribution in [3.05, 3.63) is 57.6 Å². The number of hydrogen-bond donors (Lipinski definition) is 1. The molecule has 24 heavy (non-hydrogen) atoms. The van der Waals surface area contributed by atoms with E-state index in [9.17, 15) is 4.79 Å². The zero-order valence-electron chi connectivity index (χ0n) is 13.4. The van der Waals surface area contributed by atoms with Crippen molar-refractivity contribution in [2.75, 3.05) is 14.2 Å². The number of carbonyl (C=O) groups is 1. The van der Waals surface area contributed by atoms with Crippen LogP contribution in [0.15, 0.2) is 41.5 Å². The first-order chi connectivity index (χ1) is 11.5. The fourth-order valence-corrected chi connectivity index (χ4v) is 2.26. The molecule has 0 fully saturated rings. The predicted molar refractivity (Wildman–Crippen MR) is 95.7 cm³/mol. The Balaban J connectivity index is 2.16. The number of nitrogens with zero attached hydrogens (tertiary/aromatic N) is 1. The van der Waals surface area contributed by atoms with Crippen LogP contribution in [0.5, 0.6) is 11.5 Å². The lowest BCUT2D eigenvalue weighted by atomic mass is 10.1. The fourth-order valence-electron chi connectivity index (χ4n) is 1.96. The van der Waals surface area contributed by atoms with Gasteiger partial charge in [-0.2, -0.15) is 5.10 Å². The molecule has 2 aromatic rings. The van der Waals surface area contributed by atoms with Crippen molar-refractivity contribution in [3.63, 3.8) is 0 Å². The van der Waals surface area contributed by atoms with Gasteiger partial charge in [0.1, 0.15) is 0 Å². The van der Waals surface area contributed by atoms with Crippen molar-refractivity contribution in [2.45, 2.75) is 6.92 Å². The molecule has 0 saturated carbocycles. The quantitative estimate of drug-likeness (QED) is 0.638. The van der Waals surface area contributed by atoms with E-state index in [0.29, 0.717) is 32.8 Å². The van der Waals surface area contributed by atoms with E-state index in [-0.39, 0.29) is 5.91 Å². The van der Waals surface area contributed by atoms with Gasteiger partial charge in [-0.3, -0.25) is 4.79 Å². The van der Waals surface area contributed by atoms with Gasteiger partial charge >= 0.3 is 0 Å². The summed E-state index contributed by atoms with van der Waals surface area (Å²) in [6.07, 6.45) is 0. The highest BCUT2D eigenvalue weighted by Gasteiger charge is 2.09. The molecule has 0 saturated heterocycles. The van der Waals surface area contributed by atoms with Crippen molar-refractivity contribution >= 4 is 34.8 Å². The van der Waals surface area contributed by atoms with Crippen LogP contribution < -0.4 is 14.9 Å². The Kier molecular flexibility index (Phi) is 6.06. The van der Waals surface area contributed by atoms with Crippen molar-refractivity contribution in [1.82, 2.24) is 5.43 Å². The standard InChI is InChI=1S/C17H16Cl2N2O3/c1-10(11-5-7-15(23-2)16(9-11)24-3)20-21-17(22)12-4-6-13(18)14(19)8-12/h4-9H,1-3H3,(H,21,22). The summed E-state index contributed by atoms with van der Waals surface area (Å²) in [7, 11) is 3.12. The maximum Gasteiger partial charge on any atom is 0.271 e. The molecule has 0 aliphatic heterocycles. The summed E-state index contributed by atoms with van der Waals surface area (Å²) in [5.41, 5.74) is 4.26. The van der Waals surface area contributed by atoms with E-state index in [0.717, 1.165) is 5.56 Å². The van der Waals surface area contributed by atoms with Crippen LogP contribution in [0.25, 0.3) is 0 Å². The maximum absolute atomic E-state index is 12.1. The lowest BCUT2D eigenvalue weighted by molar-refractivity contribution is 0.0955. The molecule has 2 aromatic carbocycles. The van der Waals surface area contributed by atoms with Gasteiger partial charge in [-0.1, -0.05) is 23.2 Å². The van der Waals surface area contributed by atoms with Gasteiger partial charge in [0, 0.05) is 11.1 Å². The zero-order chi connectivity index (χ0) is 17.7. The summed E-state index contributed by atoms with van der Waals surface area (Å²) in [4.78, 5) is 12.1. The number of ether oxygens (including phenoxy) is 2. The number of rotatable bonds is 5. The summed E-state index contributed by atoms with van der Waals surface area (Å²) < 4.78 is 10.4. The van der Waals surface area contributed by atoms with Gasteiger partial charge in [0.05, 0.1) is 30.0 Å². The molecule has 2 rings (SSSR count). The Hall–Kier alpha value is -2.24. The van der Waals surface area contributed by atoms with Gasteiger partial charge in [0.25, 0.3) is 5.91 Å². The Morgan fingerprint density at radius 1 is 0.958 bits per heavy atom. The van der Waals surface area contributed by atoms with Gasteiger partial charge in [-0.15, -0.1) is 0 Å². The Bertz CT molecular complexity index is 791. The smallest absolute Gasteiger partial charge is 0.271 e. The highest BCUT2D eigenvalue weighted by molar-refractivity contribution is 6.42. The number of hydrogen-bond acceptors (Lipinski definition) is 4. The molecule has 1 N–H and O–H groups in total. The number of nitrogens with one attached hydrogen (secondary N) is 1. The molecule has 0 bridgehead atoms. The molecule has 0 aromatic heterocycles. The third-order valence-electron chi connectivity index (χ3n) is 3.31. The molecular weight excluding hydrogens is 351 g/mol. The lowest BCUT2D eigenvalue weighted by Crippen LogP contribution is -2.19. The van der Waals surface area contributed by atoms with Crippen LogP contribution in [0.1, 0.15) is 22.8 Å². The van der Waals surface area contributed by atoms with Crippen LogP contribution in [0.2, 0.25) is 10.0 Å². The van der Waals surface area contributed by atoms with E-state index in [1.165, 1.54) is 6.07 Å². The van der Waals surface area contributed by atoms with Crippen molar-refractivity contribution < 1.29 is 14.3 Å². The highest BCUT2D eigenvalue weighted by Crippen LogP contribution is 2.27. The van der Waals surface area contributed by atoms with Crippen LogP contribution in [-0.2, 0) is 0 Å². The lowest BCUT2D eigenvalue weighted by Gasteiger charge is -2.09. The van der Waals surface area contributed by atoms with E-state index in [1.54, 1.807) is 45.4 Å². The normalized spacial score (nSPS) is 11.1. The van der Waals surface area contributed by atoms with Gasteiger partial charge in [-0.25, -0.2) is 5.43 Å². The van der Waals surface area contributed by atoms with Gasteiger partial charge in [0.2, 0.25) is 0 Å². The molecule has 1 amide bonds. The monoisotopic (exact) mass is 366 g/mol. The van der Waals surface area contributed by atoms with E-state index in [4.69, 9.17) is 32.7 Å². The van der Waals surface area contributed by atoms with Crippen LogP contribution in [0.4, 0.5) is 0 Å². The molecular formula is C17H16Cl2N2O3. The minimum Gasteiger partial charge on any atom is -0.493 e. The second kappa shape index (κ2) is 8.04. The van der Waals surface area contributed by atoms with Gasteiger partial charge < -0.3 is 9.47 Å². The largest absolute Gasteiger partial charge is 0.493 e. The van der Waals surface area contributed by atoms with Crippen molar-refractivity contribution in [2.24, 2.45) is 5.10 Å². The summed E-state index contributed by atoms with van der Waals surface area (Å²) >= 11 is 11.7. The van der Waals surface area contributed by atoms with Gasteiger partial charge in [0.15, 0.2) is 11.5 Å². The third-order valence-corrected chi connectivity index (χ3v) is 4.05. The number of amides is 1. The average Bonchev–Trinajstić information content (AvgIpc) is 2.60. The number of halogens is 2. The first-order valence-corrected chi connectivity index (χ1v) is 7.74. The van der Waals surface area contributed by atoms with Crippen LogP contribution in [0, 0.1) is 0 Å². The first kappa shape index (κ1) is 18.1. The predicted octanol–water partition coefficient (Wildman–Crippen LogP) is 4.16. The summed E-state index contributed by atoms with van der Waals surface area (Å²) in [5, 5.41) is 4.80. The SMILES string of the molecule is COc1ccc(C(C)=NNC(=O)c2ccc(Cl)c(Cl)c2)cc1OC. The van der Waals surface area contributed by atoms with E-state index in [2.05, 4.69) is 10.5 Å². The first-order valence-electron chi connectivity index (χ1n) is 6.98. The van der Waals surface area contributed by atoms with E-state index < -0.39 is 0 Å². The summed E-state index contributed by atoms with van der Waals surface area (Å²) in [6.45, 7) is 1.77. The molecule has 0 radical (unpaired) electrons. The van der Waals surface area contributed by atoms with Gasteiger partial charge in [-0.05, 0) is 43.3 Å². The topological polar surface area (TPSA) is 59.9 Å². The summed E-state index contributed by atoms with van der Waals surface area (Å²) in [5.74, 6) is 0.822. The van der Waals surface area contributed by atoms with E-state index >= 15 is 0 Å². The molecule has 0 aliphatic rings. The molecule has 0 unspecified atom stereocenters. The molecule has 7 heteroatoms. The van der Waals surface area contributed by atoms with Crippen molar-refractivity contribution in [3.8, 4) is 11.5 Å². The maximum atomic E-state index is 12.1. The molecule has 0 aliphatic carbocycles. The third kappa shape index (κ3) is 4.19. The number of carbonyl (C=O) groups excluding carboxylic acids is 1. The molecule has 0 atom stereocenters. The van der Waals surface area contributed by atoms with Crippen LogP contribution in [-0.4, -0.2) is 25.8 Å². The van der Waals surface area contributed by atoms with Crippen LogP contribution >= 0.6 is 23.2 Å². The fraction of sp³-hybridized carbons (Fsp3) is 0.176. The molecule has 126 valence electrons.